The fraction of sp³-hybridized carbons (Fsp3) is 0.500. The van der Waals surface area contributed by atoms with E-state index in [1.165, 1.54) is 0 Å². The molecule has 0 radical (unpaired) electrons. The predicted molar refractivity (Wildman–Crippen MR) is 75.2 cm³/mol. The van der Waals surface area contributed by atoms with Crippen molar-refractivity contribution in [3.8, 4) is 0 Å². The number of ether oxygens (including phenoxy) is 1. The molecule has 0 bridgehead atoms. The van der Waals surface area contributed by atoms with Crippen LogP contribution in [0.1, 0.15) is 12.8 Å². The molecule has 1 aromatic rings. The highest BCUT2D eigenvalue weighted by atomic mass is 32.2. The normalized spacial score (nSPS) is 19.9. The van der Waals surface area contributed by atoms with Gasteiger partial charge in [-0.3, -0.25) is 4.72 Å². The third kappa shape index (κ3) is 5.06. The van der Waals surface area contributed by atoms with Crippen LogP contribution in [0.25, 0.3) is 0 Å². The topological polar surface area (TPSA) is 93.5 Å². The van der Waals surface area contributed by atoms with Crippen LogP contribution in [0.3, 0.4) is 0 Å². The van der Waals surface area contributed by atoms with Crippen LogP contribution >= 0.6 is 0 Å². The minimum atomic E-state index is -3.73. The third-order valence-electron chi connectivity index (χ3n) is 2.97. The van der Waals surface area contributed by atoms with Gasteiger partial charge >= 0.3 is 0 Å². The molecule has 0 aromatic heterocycles. The summed E-state index contributed by atoms with van der Waals surface area (Å²) in [5.74, 6) is 0.503. The Morgan fingerprint density at radius 1 is 1.37 bits per heavy atom. The number of anilines is 2. The predicted octanol–water partition coefficient (Wildman–Crippen LogP) is 1.14. The lowest BCUT2D eigenvalue weighted by Crippen LogP contribution is -2.24. The molecule has 1 aliphatic rings. The Morgan fingerprint density at radius 3 is 2.84 bits per heavy atom. The van der Waals surface area contributed by atoms with Crippen LogP contribution in [0.15, 0.2) is 24.3 Å². The maximum absolute atomic E-state index is 10.9. The number of rotatable bonds is 5. The Balaban J connectivity index is 1.91. The third-order valence-corrected chi connectivity index (χ3v) is 3.49. The zero-order valence-corrected chi connectivity index (χ0v) is 11.4. The van der Waals surface area contributed by atoms with Gasteiger partial charge in [0.1, 0.15) is 0 Å². The van der Waals surface area contributed by atoms with Gasteiger partial charge in [0.25, 0.3) is 10.2 Å². The van der Waals surface area contributed by atoms with Crippen molar-refractivity contribution in [3.63, 3.8) is 0 Å². The largest absolute Gasteiger partial charge is 0.385 e. The van der Waals surface area contributed by atoms with Gasteiger partial charge in [-0.25, -0.2) is 5.14 Å². The lowest BCUT2D eigenvalue weighted by Gasteiger charge is -2.22. The number of hydrogen-bond donors (Lipinski definition) is 3. The molecule has 0 amide bonds. The van der Waals surface area contributed by atoms with Crippen LogP contribution in [0, 0.1) is 5.92 Å². The van der Waals surface area contributed by atoms with Crippen molar-refractivity contribution < 1.29 is 13.2 Å². The van der Waals surface area contributed by atoms with E-state index in [0.29, 0.717) is 11.6 Å². The van der Waals surface area contributed by atoms with E-state index in [2.05, 4.69) is 10.0 Å². The molecule has 0 aliphatic carbocycles. The summed E-state index contributed by atoms with van der Waals surface area (Å²) in [4.78, 5) is 0. The Bertz CT molecular complexity index is 513. The number of nitrogens with one attached hydrogen (secondary N) is 2. The first-order valence-electron chi connectivity index (χ1n) is 6.25. The summed E-state index contributed by atoms with van der Waals surface area (Å²) in [6.07, 6.45) is 2.25. The maximum atomic E-state index is 10.9. The van der Waals surface area contributed by atoms with Crippen molar-refractivity contribution in [2.75, 3.05) is 29.8 Å². The fourth-order valence-corrected chi connectivity index (χ4v) is 2.54. The van der Waals surface area contributed by atoms with E-state index in [1.807, 2.05) is 6.07 Å². The number of hydrogen-bond acceptors (Lipinski definition) is 4. The van der Waals surface area contributed by atoms with E-state index in [4.69, 9.17) is 9.88 Å². The summed E-state index contributed by atoms with van der Waals surface area (Å²) in [5, 5.41) is 8.22. The smallest absolute Gasteiger partial charge is 0.296 e. The fourth-order valence-electron chi connectivity index (χ4n) is 2.09. The zero-order chi connectivity index (χ0) is 13.7. The van der Waals surface area contributed by atoms with E-state index in [1.54, 1.807) is 18.2 Å². The van der Waals surface area contributed by atoms with Crippen LogP contribution in [0.4, 0.5) is 11.4 Å². The zero-order valence-electron chi connectivity index (χ0n) is 10.6. The molecule has 1 saturated heterocycles. The molecule has 0 saturated carbocycles. The van der Waals surface area contributed by atoms with Gasteiger partial charge in [-0.15, -0.1) is 0 Å². The van der Waals surface area contributed by atoms with Gasteiger partial charge in [0.2, 0.25) is 0 Å². The molecule has 4 N–H and O–H groups in total. The molecule has 7 heteroatoms. The van der Waals surface area contributed by atoms with Gasteiger partial charge in [-0.2, -0.15) is 8.42 Å². The van der Waals surface area contributed by atoms with E-state index < -0.39 is 10.2 Å². The van der Waals surface area contributed by atoms with Crippen molar-refractivity contribution in [1.82, 2.24) is 0 Å². The second-order valence-corrected chi connectivity index (χ2v) is 5.99. The molecule has 0 spiro atoms. The van der Waals surface area contributed by atoms with Crippen molar-refractivity contribution in [3.05, 3.63) is 24.3 Å². The van der Waals surface area contributed by atoms with Gasteiger partial charge in [0, 0.05) is 18.8 Å². The molecule has 106 valence electrons. The highest BCUT2D eigenvalue weighted by Gasteiger charge is 2.13. The van der Waals surface area contributed by atoms with Crippen molar-refractivity contribution in [2.24, 2.45) is 11.1 Å². The van der Waals surface area contributed by atoms with Gasteiger partial charge < -0.3 is 10.1 Å². The molecule has 1 aromatic carbocycles. The van der Waals surface area contributed by atoms with E-state index in [-0.39, 0.29) is 0 Å². The van der Waals surface area contributed by atoms with E-state index in [9.17, 15) is 8.42 Å². The van der Waals surface area contributed by atoms with Crippen LogP contribution in [-0.4, -0.2) is 28.2 Å². The number of benzene rings is 1. The summed E-state index contributed by atoms with van der Waals surface area (Å²) in [5.41, 5.74) is 1.31. The SMILES string of the molecule is NS(=O)(=O)Nc1cccc(NCC2CCCOC2)c1. The second-order valence-electron chi connectivity index (χ2n) is 4.69. The molecule has 1 unspecified atom stereocenters. The molecule has 1 aliphatic heterocycles. The summed E-state index contributed by atoms with van der Waals surface area (Å²) < 4.78 is 29.6. The monoisotopic (exact) mass is 285 g/mol. The summed E-state index contributed by atoms with van der Waals surface area (Å²) in [6.45, 7) is 2.45. The second kappa shape index (κ2) is 6.23. The molecule has 1 atom stereocenters. The van der Waals surface area contributed by atoms with Crippen LogP contribution < -0.4 is 15.2 Å². The van der Waals surface area contributed by atoms with E-state index in [0.717, 1.165) is 38.3 Å². The molecule has 1 heterocycles. The molecule has 6 nitrogen and oxygen atoms in total. The first kappa shape index (κ1) is 14.1. The lowest BCUT2D eigenvalue weighted by atomic mass is 10.0. The quantitative estimate of drug-likeness (QED) is 0.756. The van der Waals surface area contributed by atoms with Crippen molar-refractivity contribution in [1.29, 1.82) is 0 Å². The number of nitrogens with two attached hydrogens (primary N) is 1. The van der Waals surface area contributed by atoms with Gasteiger partial charge in [0.15, 0.2) is 0 Å². The molecule has 2 rings (SSSR count). The average Bonchev–Trinajstić information content (AvgIpc) is 2.36. The Hall–Kier alpha value is -1.31. The highest BCUT2D eigenvalue weighted by molar-refractivity contribution is 7.90. The molecular formula is C12H19N3O3S. The van der Waals surface area contributed by atoms with Gasteiger partial charge in [-0.05, 0) is 37.0 Å². The van der Waals surface area contributed by atoms with Crippen LogP contribution in [0.5, 0.6) is 0 Å². The van der Waals surface area contributed by atoms with Crippen LogP contribution in [0.2, 0.25) is 0 Å². The Morgan fingerprint density at radius 2 is 2.16 bits per heavy atom. The standard InChI is InChI=1S/C12H19N3O3S/c13-19(16,17)15-12-5-1-4-11(7-12)14-8-10-3-2-6-18-9-10/h1,4-5,7,10,14-15H,2-3,6,8-9H2,(H2,13,16,17). The summed E-state index contributed by atoms with van der Waals surface area (Å²) in [7, 11) is -3.73. The van der Waals surface area contributed by atoms with Crippen molar-refractivity contribution >= 4 is 21.6 Å². The summed E-state index contributed by atoms with van der Waals surface area (Å²) in [6, 6.07) is 7.03. The molecule has 1 fully saturated rings. The first-order valence-corrected chi connectivity index (χ1v) is 7.80. The van der Waals surface area contributed by atoms with Gasteiger partial charge in [-0.1, -0.05) is 6.07 Å². The minimum absolute atomic E-state index is 0.451. The lowest BCUT2D eigenvalue weighted by molar-refractivity contribution is 0.0595. The molecule has 19 heavy (non-hydrogen) atoms. The summed E-state index contributed by atoms with van der Waals surface area (Å²) >= 11 is 0. The Labute approximate surface area is 113 Å². The van der Waals surface area contributed by atoms with Gasteiger partial charge in [0.05, 0.1) is 12.3 Å². The first-order chi connectivity index (χ1) is 9.03. The van der Waals surface area contributed by atoms with Crippen LogP contribution in [-0.2, 0) is 14.9 Å². The maximum Gasteiger partial charge on any atom is 0.296 e. The van der Waals surface area contributed by atoms with E-state index >= 15 is 0 Å². The Kier molecular flexibility index (Phi) is 4.62. The average molecular weight is 285 g/mol. The van der Waals surface area contributed by atoms with Crippen molar-refractivity contribution in [2.45, 2.75) is 12.8 Å². The minimum Gasteiger partial charge on any atom is -0.385 e. The molecular weight excluding hydrogens is 266 g/mol. The highest BCUT2D eigenvalue weighted by Crippen LogP contribution is 2.18.